The molecule has 0 fully saturated rings. The Labute approximate surface area is 115 Å². The number of imidazole rings is 1. The second kappa shape index (κ2) is 6.59. The van der Waals surface area contributed by atoms with Gasteiger partial charge in [0, 0.05) is 13.1 Å². The van der Waals surface area contributed by atoms with Crippen molar-refractivity contribution in [2.75, 3.05) is 11.9 Å². The summed E-state index contributed by atoms with van der Waals surface area (Å²) in [6.07, 6.45) is 3.82. The first-order valence-corrected chi connectivity index (χ1v) is 6.91. The third-order valence-electron chi connectivity index (χ3n) is 2.59. The molecule has 0 aromatic carbocycles. The van der Waals surface area contributed by atoms with Crippen molar-refractivity contribution in [1.29, 1.82) is 0 Å². The first kappa shape index (κ1) is 15.5. The van der Waals surface area contributed by atoms with Gasteiger partial charge in [-0.1, -0.05) is 13.3 Å². The third kappa shape index (κ3) is 4.58. The average Bonchev–Trinajstić information content (AvgIpc) is 2.70. The molecule has 1 aromatic rings. The highest BCUT2D eigenvalue weighted by Crippen LogP contribution is 2.18. The van der Waals surface area contributed by atoms with Gasteiger partial charge in [-0.05, 0) is 34.1 Å². The Morgan fingerprint density at radius 2 is 2.11 bits per heavy atom. The molecular weight excluding hydrogens is 242 g/mol. The highest BCUT2D eigenvalue weighted by atomic mass is 16.6. The summed E-state index contributed by atoms with van der Waals surface area (Å²) in [7, 11) is 0. The van der Waals surface area contributed by atoms with Crippen molar-refractivity contribution >= 4 is 11.8 Å². The van der Waals surface area contributed by atoms with E-state index in [-0.39, 0.29) is 5.97 Å². The molecule has 0 saturated carbocycles. The Kier molecular flexibility index (Phi) is 5.39. The molecule has 1 aromatic heterocycles. The molecule has 0 bridgehead atoms. The maximum atomic E-state index is 12.2. The van der Waals surface area contributed by atoms with Gasteiger partial charge in [-0.2, -0.15) is 0 Å². The first-order chi connectivity index (χ1) is 8.89. The lowest BCUT2D eigenvalue weighted by Gasteiger charge is -2.20. The van der Waals surface area contributed by atoms with Gasteiger partial charge in [0.05, 0.1) is 6.33 Å². The van der Waals surface area contributed by atoms with Crippen molar-refractivity contribution in [1.82, 2.24) is 9.55 Å². The fraction of sp³-hybridized carbons (Fsp3) is 0.714. The van der Waals surface area contributed by atoms with Crippen molar-refractivity contribution in [2.24, 2.45) is 0 Å². The van der Waals surface area contributed by atoms with E-state index < -0.39 is 5.60 Å². The molecule has 0 atom stereocenters. The van der Waals surface area contributed by atoms with Crippen LogP contribution in [-0.4, -0.2) is 27.7 Å². The average molecular weight is 267 g/mol. The van der Waals surface area contributed by atoms with Crippen LogP contribution in [0.2, 0.25) is 0 Å². The van der Waals surface area contributed by atoms with Crippen LogP contribution in [0.4, 0.5) is 5.82 Å². The molecule has 1 rings (SSSR count). The van der Waals surface area contributed by atoms with Crippen LogP contribution in [0.1, 0.15) is 57.9 Å². The van der Waals surface area contributed by atoms with Crippen LogP contribution in [0.25, 0.3) is 0 Å². The number of aromatic nitrogens is 2. The quantitative estimate of drug-likeness (QED) is 0.635. The van der Waals surface area contributed by atoms with E-state index in [0.29, 0.717) is 18.1 Å². The van der Waals surface area contributed by atoms with Gasteiger partial charge < -0.3 is 14.6 Å². The number of unbranched alkanes of at least 4 members (excludes halogenated alkanes) is 1. The fourth-order valence-corrected chi connectivity index (χ4v) is 1.68. The van der Waals surface area contributed by atoms with E-state index in [4.69, 9.17) is 4.74 Å². The number of carbonyl (C=O) groups is 1. The van der Waals surface area contributed by atoms with E-state index in [1.807, 2.05) is 32.3 Å². The molecule has 0 spiro atoms. The molecular formula is C14H25N3O2. The number of nitrogens with zero attached hydrogens (tertiary/aromatic N) is 2. The summed E-state index contributed by atoms with van der Waals surface area (Å²) in [5.41, 5.74) is 0.00850. The highest BCUT2D eigenvalue weighted by Gasteiger charge is 2.24. The Balaban J connectivity index is 2.89. The van der Waals surface area contributed by atoms with Crippen LogP contribution in [-0.2, 0) is 11.3 Å². The van der Waals surface area contributed by atoms with Gasteiger partial charge in [0.15, 0.2) is 11.5 Å². The maximum absolute atomic E-state index is 12.2. The number of rotatable bonds is 6. The first-order valence-electron chi connectivity index (χ1n) is 6.91. The van der Waals surface area contributed by atoms with E-state index in [1.54, 1.807) is 6.33 Å². The van der Waals surface area contributed by atoms with Gasteiger partial charge in [0.25, 0.3) is 0 Å². The maximum Gasteiger partial charge on any atom is 0.359 e. The van der Waals surface area contributed by atoms with E-state index in [1.165, 1.54) is 0 Å². The molecule has 0 amide bonds. The van der Waals surface area contributed by atoms with Gasteiger partial charge in [-0.25, -0.2) is 9.78 Å². The summed E-state index contributed by atoms with van der Waals surface area (Å²) in [5, 5.41) is 3.20. The molecule has 5 nitrogen and oxygen atoms in total. The van der Waals surface area contributed by atoms with Crippen LogP contribution >= 0.6 is 0 Å². The normalized spacial score (nSPS) is 11.4. The minimum absolute atomic E-state index is 0.328. The second-order valence-corrected chi connectivity index (χ2v) is 5.51. The molecule has 1 N–H and O–H groups in total. The minimum Gasteiger partial charge on any atom is -0.455 e. The third-order valence-corrected chi connectivity index (χ3v) is 2.59. The molecule has 0 saturated heterocycles. The van der Waals surface area contributed by atoms with E-state index in [2.05, 4.69) is 17.2 Å². The number of esters is 1. The smallest absolute Gasteiger partial charge is 0.359 e. The van der Waals surface area contributed by atoms with Gasteiger partial charge >= 0.3 is 5.97 Å². The largest absolute Gasteiger partial charge is 0.455 e. The van der Waals surface area contributed by atoms with E-state index in [9.17, 15) is 4.79 Å². The summed E-state index contributed by atoms with van der Waals surface area (Å²) in [6, 6.07) is 0. The summed E-state index contributed by atoms with van der Waals surface area (Å²) >= 11 is 0. The van der Waals surface area contributed by atoms with Gasteiger partial charge in [0.2, 0.25) is 0 Å². The molecule has 1 heterocycles. The van der Waals surface area contributed by atoms with Gasteiger partial charge in [-0.15, -0.1) is 0 Å². The van der Waals surface area contributed by atoms with Crippen LogP contribution in [0.3, 0.4) is 0 Å². The Morgan fingerprint density at radius 3 is 2.63 bits per heavy atom. The monoisotopic (exact) mass is 267 g/mol. The molecule has 0 radical (unpaired) electrons. The Hall–Kier alpha value is -1.52. The number of ether oxygens (including phenoxy) is 1. The molecule has 0 unspecified atom stereocenters. The van der Waals surface area contributed by atoms with E-state index in [0.717, 1.165) is 19.4 Å². The van der Waals surface area contributed by atoms with Crippen LogP contribution < -0.4 is 5.32 Å². The standard InChI is InChI=1S/C14H25N3O2/c1-6-8-9-15-12-11(17(7-2)10-16-12)13(18)19-14(3,4)5/h10,15H,6-9H2,1-5H3. The van der Waals surface area contributed by atoms with E-state index >= 15 is 0 Å². The summed E-state index contributed by atoms with van der Waals surface area (Å²) in [4.78, 5) is 16.5. The number of carbonyl (C=O) groups excluding carboxylic acids is 1. The molecule has 5 heteroatoms. The zero-order chi connectivity index (χ0) is 14.5. The molecule has 108 valence electrons. The fourth-order valence-electron chi connectivity index (χ4n) is 1.68. The van der Waals surface area contributed by atoms with Crippen molar-refractivity contribution in [3.05, 3.63) is 12.0 Å². The number of anilines is 1. The van der Waals surface area contributed by atoms with Crippen LogP contribution in [0.5, 0.6) is 0 Å². The SMILES string of the molecule is CCCCNc1ncn(CC)c1C(=O)OC(C)(C)C. The van der Waals surface area contributed by atoms with Crippen molar-refractivity contribution < 1.29 is 9.53 Å². The molecule has 19 heavy (non-hydrogen) atoms. The molecule has 0 aliphatic carbocycles. The summed E-state index contributed by atoms with van der Waals surface area (Å²) in [6.45, 7) is 11.2. The summed E-state index contributed by atoms with van der Waals surface area (Å²) < 4.78 is 7.24. The lowest BCUT2D eigenvalue weighted by atomic mass is 10.2. The van der Waals surface area contributed by atoms with Crippen LogP contribution in [0.15, 0.2) is 6.33 Å². The second-order valence-electron chi connectivity index (χ2n) is 5.51. The lowest BCUT2D eigenvalue weighted by molar-refractivity contribution is 0.00591. The zero-order valence-corrected chi connectivity index (χ0v) is 12.6. The number of nitrogens with one attached hydrogen (secondary N) is 1. The van der Waals surface area contributed by atoms with Crippen molar-refractivity contribution in [3.63, 3.8) is 0 Å². The van der Waals surface area contributed by atoms with Gasteiger partial charge in [0.1, 0.15) is 5.60 Å². The predicted octanol–water partition coefficient (Wildman–Crippen LogP) is 3.07. The lowest BCUT2D eigenvalue weighted by Crippen LogP contribution is -2.26. The topological polar surface area (TPSA) is 56.2 Å². The van der Waals surface area contributed by atoms with Crippen LogP contribution in [0, 0.1) is 0 Å². The Bertz CT molecular complexity index is 419. The number of hydrogen-bond acceptors (Lipinski definition) is 4. The zero-order valence-electron chi connectivity index (χ0n) is 12.6. The summed E-state index contributed by atoms with van der Waals surface area (Å²) in [5.74, 6) is 0.287. The van der Waals surface area contributed by atoms with Gasteiger partial charge in [-0.3, -0.25) is 0 Å². The minimum atomic E-state index is -0.499. The number of hydrogen-bond donors (Lipinski definition) is 1. The predicted molar refractivity (Wildman–Crippen MR) is 76.5 cm³/mol. The number of aryl methyl sites for hydroxylation is 1. The molecule has 0 aliphatic rings. The van der Waals surface area contributed by atoms with Crippen molar-refractivity contribution in [2.45, 2.75) is 59.6 Å². The highest BCUT2D eigenvalue weighted by molar-refractivity contribution is 5.93. The van der Waals surface area contributed by atoms with Crippen molar-refractivity contribution in [3.8, 4) is 0 Å². The molecule has 0 aliphatic heterocycles. The Morgan fingerprint density at radius 1 is 1.42 bits per heavy atom.